The molecule has 0 spiro atoms. The van der Waals surface area contributed by atoms with Crippen molar-refractivity contribution < 1.29 is 9.53 Å². The Labute approximate surface area is 186 Å². The monoisotopic (exact) mass is 435 g/mol. The van der Waals surface area contributed by atoms with E-state index in [2.05, 4.69) is 15.0 Å². The van der Waals surface area contributed by atoms with Crippen molar-refractivity contribution >= 4 is 17.0 Å². The summed E-state index contributed by atoms with van der Waals surface area (Å²) in [6, 6.07) is 9.34. The van der Waals surface area contributed by atoms with Crippen LogP contribution in [0.3, 0.4) is 0 Å². The lowest BCUT2D eigenvalue weighted by molar-refractivity contribution is -0.146. The quantitative estimate of drug-likeness (QED) is 0.619. The van der Waals surface area contributed by atoms with E-state index in [0.717, 1.165) is 18.7 Å². The average Bonchev–Trinajstić information content (AvgIpc) is 3.45. The number of carbonyl (C=O) groups excluding carboxylic acids is 1. The van der Waals surface area contributed by atoms with Crippen LogP contribution in [0, 0.1) is 11.8 Å². The normalized spacial score (nSPS) is 22.4. The maximum absolute atomic E-state index is 12.7. The fourth-order valence-corrected chi connectivity index (χ4v) is 5.43. The Hall–Kier alpha value is -3.00. The second-order valence-corrected chi connectivity index (χ2v) is 9.00. The Morgan fingerprint density at radius 1 is 1.16 bits per heavy atom. The van der Waals surface area contributed by atoms with Gasteiger partial charge in [-0.15, -0.1) is 0 Å². The fourth-order valence-electron chi connectivity index (χ4n) is 5.43. The molecule has 1 N–H and O–H groups in total. The molecule has 0 radical (unpaired) electrons. The van der Waals surface area contributed by atoms with Gasteiger partial charge in [-0.05, 0) is 30.4 Å². The van der Waals surface area contributed by atoms with Gasteiger partial charge in [-0.2, -0.15) is 5.10 Å². The maximum Gasteiger partial charge on any atom is 0.323 e. The lowest BCUT2D eigenvalue weighted by Gasteiger charge is -2.27. The van der Waals surface area contributed by atoms with E-state index in [1.54, 1.807) is 10.9 Å². The van der Waals surface area contributed by atoms with Crippen LogP contribution >= 0.6 is 0 Å². The van der Waals surface area contributed by atoms with Crippen LogP contribution in [0.5, 0.6) is 0 Å². The number of esters is 1. The molecule has 1 aromatic carbocycles. The average molecular weight is 436 g/mol. The minimum atomic E-state index is -0.299. The van der Waals surface area contributed by atoms with E-state index in [1.807, 2.05) is 30.3 Å². The minimum Gasteiger partial charge on any atom is -0.468 e. The number of carbonyl (C=O) groups is 1. The number of nitrogens with one attached hydrogen (secondary N) is 1. The number of fused-ring (bicyclic) bond motifs is 1. The first kappa shape index (κ1) is 20.9. The van der Waals surface area contributed by atoms with Crippen LogP contribution in [-0.4, -0.2) is 50.3 Å². The van der Waals surface area contributed by atoms with Gasteiger partial charge in [0.2, 0.25) is 0 Å². The van der Waals surface area contributed by atoms with Gasteiger partial charge in [0, 0.05) is 6.54 Å². The molecule has 3 aromatic rings. The van der Waals surface area contributed by atoms with Crippen molar-refractivity contribution in [3.8, 4) is 5.69 Å². The van der Waals surface area contributed by atoms with Crippen LogP contribution in [0.25, 0.3) is 16.7 Å². The van der Waals surface area contributed by atoms with E-state index in [-0.39, 0.29) is 17.6 Å². The van der Waals surface area contributed by atoms with Gasteiger partial charge in [0.1, 0.15) is 17.3 Å². The Bertz CT molecular complexity index is 1150. The van der Waals surface area contributed by atoms with Gasteiger partial charge in [-0.3, -0.25) is 14.5 Å². The van der Waals surface area contributed by atoms with E-state index >= 15 is 0 Å². The standard InChI is InChI=1S/C24H29N5O3/c1-32-24(31)20-12-17(16-8-4-2-5-9-16)14-28(20)15-21-26-22-19(23(30)27-21)13-25-29(22)18-10-6-3-7-11-18/h3,6-7,10-11,13,16-17,20H,2,4-5,8-9,12,14-15H2,1H3,(H,26,27,30)/t17-,20-/m1/s1. The zero-order chi connectivity index (χ0) is 22.1. The highest BCUT2D eigenvalue weighted by Gasteiger charge is 2.41. The van der Waals surface area contributed by atoms with Crippen molar-refractivity contribution in [2.24, 2.45) is 11.8 Å². The lowest BCUT2D eigenvalue weighted by atomic mass is 9.79. The number of H-pyrrole nitrogens is 1. The minimum absolute atomic E-state index is 0.207. The number of hydrogen-bond donors (Lipinski definition) is 1. The molecule has 0 bridgehead atoms. The largest absolute Gasteiger partial charge is 0.468 e. The zero-order valence-electron chi connectivity index (χ0n) is 18.4. The molecule has 8 nitrogen and oxygen atoms in total. The number of benzene rings is 1. The smallest absolute Gasteiger partial charge is 0.323 e. The van der Waals surface area contributed by atoms with E-state index in [9.17, 15) is 9.59 Å². The number of ether oxygens (including phenoxy) is 1. The molecule has 1 saturated heterocycles. The second kappa shape index (κ2) is 8.86. The summed E-state index contributed by atoms with van der Waals surface area (Å²) in [6.45, 7) is 1.22. The van der Waals surface area contributed by atoms with E-state index in [4.69, 9.17) is 9.72 Å². The highest BCUT2D eigenvalue weighted by atomic mass is 16.5. The second-order valence-electron chi connectivity index (χ2n) is 9.00. The Kier molecular flexibility index (Phi) is 5.78. The van der Waals surface area contributed by atoms with Crippen molar-refractivity contribution in [2.45, 2.75) is 51.1 Å². The predicted octanol–water partition coefficient (Wildman–Crippen LogP) is 3.05. The van der Waals surface area contributed by atoms with Gasteiger partial charge in [0.15, 0.2) is 5.65 Å². The van der Waals surface area contributed by atoms with Crippen LogP contribution < -0.4 is 5.56 Å². The molecule has 1 aliphatic carbocycles. The van der Waals surface area contributed by atoms with E-state index in [0.29, 0.717) is 35.2 Å². The molecule has 3 heterocycles. The zero-order valence-corrected chi connectivity index (χ0v) is 18.4. The third kappa shape index (κ3) is 3.95. The summed E-state index contributed by atoms with van der Waals surface area (Å²) in [7, 11) is 1.44. The molecule has 0 amide bonds. The van der Waals surface area contributed by atoms with Crippen molar-refractivity contribution in [2.75, 3.05) is 13.7 Å². The molecule has 2 aromatic heterocycles. The van der Waals surface area contributed by atoms with E-state index < -0.39 is 0 Å². The molecule has 8 heteroatoms. The van der Waals surface area contributed by atoms with Gasteiger partial charge in [0.05, 0.1) is 25.5 Å². The highest BCUT2D eigenvalue weighted by Crippen LogP contribution is 2.38. The molecular formula is C24H29N5O3. The molecule has 1 aliphatic heterocycles. The topological polar surface area (TPSA) is 93.1 Å². The fraction of sp³-hybridized carbons (Fsp3) is 0.500. The van der Waals surface area contributed by atoms with Crippen molar-refractivity contribution in [3.63, 3.8) is 0 Å². The molecule has 2 aliphatic rings. The van der Waals surface area contributed by atoms with Crippen molar-refractivity contribution in [3.05, 3.63) is 52.7 Å². The summed E-state index contributed by atoms with van der Waals surface area (Å²) < 4.78 is 6.79. The summed E-state index contributed by atoms with van der Waals surface area (Å²) in [4.78, 5) is 35.1. The number of rotatable bonds is 5. The summed E-state index contributed by atoms with van der Waals surface area (Å²) in [5.74, 6) is 1.47. The molecule has 5 rings (SSSR count). The SMILES string of the molecule is COC(=O)[C@H]1C[C@@H](C2CCCCC2)CN1Cc1nc2c(cnn2-c2ccccc2)c(=O)[nH]1. The highest BCUT2D eigenvalue weighted by molar-refractivity contribution is 5.76. The molecular weight excluding hydrogens is 406 g/mol. The van der Waals surface area contributed by atoms with Crippen LogP contribution in [0.2, 0.25) is 0 Å². The van der Waals surface area contributed by atoms with Gasteiger partial charge < -0.3 is 9.72 Å². The number of nitrogens with zero attached hydrogens (tertiary/aromatic N) is 4. The molecule has 2 atom stereocenters. The third-order valence-corrected chi connectivity index (χ3v) is 7.07. The number of aromatic amines is 1. The number of aromatic nitrogens is 4. The summed E-state index contributed by atoms with van der Waals surface area (Å²) in [6.07, 6.45) is 8.70. The lowest BCUT2D eigenvalue weighted by Crippen LogP contribution is -2.37. The Morgan fingerprint density at radius 3 is 2.69 bits per heavy atom. The van der Waals surface area contributed by atoms with Crippen molar-refractivity contribution in [1.82, 2.24) is 24.6 Å². The van der Waals surface area contributed by atoms with Crippen LogP contribution in [0.1, 0.15) is 44.3 Å². The maximum atomic E-state index is 12.7. The Balaban J connectivity index is 1.44. The van der Waals surface area contributed by atoms with Gasteiger partial charge >= 0.3 is 5.97 Å². The Morgan fingerprint density at radius 2 is 1.94 bits per heavy atom. The predicted molar refractivity (Wildman–Crippen MR) is 120 cm³/mol. The van der Waals surface area contributed by atoms with Gasteiger partial charge in [0.25, 0.3) is 5.56 Å². The number of hydrogen-bond acceptors (Lipinski definition) is 6. The van der Waals surface area contributed by atoms with Crippen LogP contribution in [-0.2, 0) is 16.1 Å². The van der Waals surface area contributed by atoms with Crippen molar-refractivity contribution in [1.29, 1.82) is 0 Å². The van der Waals surface area contributed by atoms with E-state index in [1.165, 1.54) is 39.2 Å². The van der Waals surface area contributed by atoms with Gasteiger partial charge in [-0.1, -0.05) is 50.3 Å². The van der Waals surface area contributed by atoms with Crippen LogP contribution in [0.4, 0.5) is 0 Å². The first-order valence-corrected chi connectivity index (χ1v) is 11.5. The molecule has 168 valence electrons. The summed E-state index contributed by atoms with van der Waals surface area (Å²) in [5, 5.41) is 4.82. The number of para-hydroxylation sites is 1. The molecule has 2 fully saturated rings. The summed E-state index contributed by atoms with van der Waals surface area (Å²) in [5.41, 5.74) is 1.15. The number of likely N-dealkylation sites (tertiary alicyclic amines) is 1. The molecule has 32 heavy (non-hydrogen) atoms. The van der Waals surface area contributed by atoms with Crippen LogP contribution in [0.15, 0.2) is 41.3 Å². The summed E-state index contributed by atoms with van der Waals surface area (Å²) >= 11 is 0. The third-order valence-electron chi connectivity index (χ3n) is 7.07. The molecule has 1 saturated carbocycles. The first-order valence-electron chi connectivity index (χ1n) is 11.5. The molecule has 0 unspecified atom stereocenters. The number of methoxy groups -OCH3 is 1. The first-order chi connectivity index (χ1) is 15.6. The van der Waals surface area contributed by atoms with Gasteiger partial charge in [-0.25, -0.2) is 9.67 Å².